The standard InChI is InChI=1S/C12H13FN4O5/c1-6-4-7-5-16(8(6)10(18)15-3-2-14)12(21)17(7)22-9(13)11(19)20/h4,7-9H,3,5H2,1H3,(H,15,18)(H,19,20)/t7-,8+,9?/m1/s1. The first-order valence-corrected chi connectivity index (χ1v) is 6.33. The Hall–Kier alpha value is -2.67. The van der Waals surface area contributed by atoms with Gasteiger partial charge < -0.3 is 15.3 Å². The molecule has 0 aromatic carbocycles. The summed E-state index contributed by atoms with van der Waals surface area (Å²) in [6.07, 6.45) is -1.14. The maximum absolute atomic E-state index is 13.2. The van der Waals surface area contributed by atoms with Crippen LogP contribution in [-0.4, -0.2) is 64.5 Å². The van der Waals surface area contributed by atoms with Crippen LogP contribution in [0.25, 0.3) is 0 Å². The Morgan fingerprint density at radius 3 is 2.95 bits per heavy atom. The second-order valence-corrected chi connectivity index (χ2v) is 4.78. The summed E-state index contributed by atoms with van der Waals surface area (Å²) in [7, 11) is 0. The number of aliphatic carboxylic acids is 1. The highest BCUT2D eigenvalue weighted by Crippen LogP contribution is 2.30. The van der Waals surface area contributed by atoms with E-state index in [1.54, 1.807) is 13.0 Å². The molecule has 2 N–H and O–H groups in total. The van der Waals surface area contributed by atoms with E-state index in [9.17, 15) is 18.8 Å². The molecule has 9 nitrogen and oxygen atoms in total. The highest BCUT2D eigenvalue weighted by atomic mass is 19.1. The smallest absolute Gasteiger partial charge is 0.368 e. The maximum atomic E-state index is 13.2. The molecule has 2 aliphatic heterocycles. The maximum Gasteiger partial charge on any atom is 0.368 e. The predicted octanol–water partition coefficient (Wildman–Crippen LogP) is -0.627. The van der Waals surface area contributed by atoms with Gasteiger partial charge in [0.15, 0.2) is 0 Å². The van der Waals surface area contributed by atoms with Gasteiger partial charge in [0.25, 0.3) is 0 Å². The molecule has 0 spiro atoms. The van der Waals surface area contributed by atoms with Gasteiger partial charge in [0.2, 0.25) is 5.91 Å². The Bertz CT molecular complexity index is 587. The summed E-state index contributed by atoms with van der Waals surface area (Å²) in [4.78, 5) is 40.3. The Morgan fingerprint density at radius 1 is 1.68 bits per heavy atom. The van der Waals surface area contributed by atoms with E-state index in [2.05, 4.69) is 10.2 Å². The fourth-order valence-corrected chi connectivity index (χ4v) is 2.44. The van der Waals surface area contributed by atoms with Gasteiger partial charge in [0.1, 0.15) is 12.6 Å². The fraction of sp³-hybridized carbons (Fsp3) is 0.500. The highest BCUT2D eigenvalue weighted by molar-refractivity contribution is 5.91. The molecular formula is C12H13FN4O5. The molecule has 2 aliphatic rings. The summed E-state index contributed by atoms with van der Waals surface area (Å²) in [5.74, 6) is -2.40. The van der Waals surface area contributed by atoms with E-state index in [1.165, 1.54) is 6.08 Å². The van der Waals surface area contributed by atoms with Crippen molar-refractivity contribution < 1.29 is 28.7 Å². The number of amides is 3. The van der Waals surface area contributed by atoms with Crippen molar-refractivity contribution in [2.24, 2.45) is 0 Å². The third-order valence-electron chi connectivity index (χ3n) is 3.31. The van der Waals surface area contributed by atoms with E-state index >= 15 is 0 Å². The van der Waals surface area contributed by atoms with E-state index < -0.39 is 36.3 Å². The zero-order chi connectivity index (χ0) is 16.4. The number of rotatable bonds is 5. The molecule has 10 heteroatoms. The Balaban J connectivity index is 2.17. The number of fused-ring (bicyclic) bond motifs is 2. The lowest BCUT2D eigenvalue weighted by atomic mass is 10.00. The second-order valence-electron chi connectivity index (χ2n) is 4.78. The van der Waals surface area contributed by atoms with Crippen LogP contribution in [0.5, 0.6) is 0 Å². The average molecular weight is 312 g/mol. The van der Waals surface area contributed by atoms with Gasteiger partial charge in [-0.1, -0.05) is 6.08 Å². The monoisotopic (exact) mass is 312 g/mol. The number of nitrogens with one attached hydrogen (secondary N) is 1. The van der Waals surface area contributed by atoms with Gasteiger partial charge in [-0.25, -0.2) is 18.8 Å². The lowest BCUT2D eigenvalue weighted by molar-refractivity contribution is -0.219. The van der Waals surface area contributed by atoms with Gasteiger partial charge in [-0.15, -0.1) is 0 Å². The van der Waals surface area contributed by atoms with Gasteiger partial charge in [-0.05, 0) is 12.5 Å². The molecule has 2 heterocycles. The molecule has 2 rings (SSSR count). The Kier molecular flexibility index (Phi) is 4.27. The first-order chi connectivity index (χ1) is 10.4. The number of hydrogen-bond donors (Lipinski definition) is 2. The molecule has 3 atom stereocenters. The van der Waals surface area contributed by atoms with Gasteiger partial charge in [-0.3, -0.25) is 4.79 Å². The normalized spacial score (nSPS) is 24.6. The molecule has 0 radical (unpaired) electrons. The minimum Gasteiger partial charge on any atom is -0.477 e. The van der Waals surface area contributed by atoms with E-state index in [0.717, 1.165) is 4.90 Å². The van der Waals surface area contributed by atoms with Crippen LogP contribution in [-0.2, 0) is 14.4 Å². The van der Waals surface area contributed by atoms with E-state index in [4.69, 9.17) is 10.4 Å². The van der Waals surface area contributed by atoms with E-state index in [1.807, 2.05) is 0 Å². The van der Waals surface area contributed by atoms with Crippen LogP contribution in [0.4, 0.5) is 9.18 Å². The molecule has 1 unspecified atom stereocenters. The zero-order valence-electron chi connectivity index (χ0n) is 11.5. The van der Waals surface area contributed by atoms with Crippen molar-refractivity contribution >= 4 is 17.9 Å². The molecule has 0 aliphatic carbocycles. The third-order valence-corrected chi connectivity index (χ3v) is 3.31. The van der Waals surface area contributed by atoms with Crippen LogP contribution >= 0.6 is 0 Å². The summed E-state index contributed by atoms with van der Waals surface area (Å²) in [5.41, 5.74) is 0.525. The zero-order valence-corrected chi connectivity index (χ0v) is 11.5. The molecule has 2 bridgehead atoms. The predicted molar refractivity (Wildman–Crippen MR) is 67.5 cm³/mol. The molecule has 118 valence electrons. The quantitative estimate of drug-likeness (QED) is 0.515. The lowest BCUT2D eigenvalue weighted by Crippen LogP contribution is -2.50. The highest BCUT2D eigenvalue weighted by Gasteiger charge is 2.48. The van der Waals surface area contributed by atoms with Crippen LogP contribution in [0.1, 0.15) is 6.92 Å². The number of urea groups is 1. The molecule has 1 fully saturated rings. The minimum absolute atomic E-state index is 0.0627. The Morgan fingerprint density at radius 2 is 2.36 bits per heavy atom. The number of carbonyl (C=O) groups is 3. The molecule has 22 heavy (non-hydrogen) atoms. The van der Waals surface area contributed by atoms with Crippen LogP contribution in [0.3, 0.4) is 0 Å². The summed E-state index contributed by atoms with van der Waals surface area (Å²) < 4.78 is 13.2. The molecule has 1 saturated heterocycles. The van der Waals surface area contributed by atoms with Gasteiger partial charge in [0, 0.05) is 0 Å². The molecule has 3 amide bonds. The number of nitriles is 1. The second kappa shape index (κ2) is 5.98. The largest absolute Gasteiger partial charge is 0.477 e. The SMILES string of the molecule is CC1=C[C@@H]2CN(C(=O)N2OC(F)C(=O)O)[C@@H]1C(=O)NCC#N. The average Bonchev–Trinajstić information content (AvgIpc) is 2.70. The Labute approximate surface area is 124 Å². The van der Waals surface area contributed by atoms with Crippen molar-refractivity contribution in [1.29, 1.82) is 5.26 Å². The summed E-state index contributed by atoms with van der Waals surface area (Å²) in [5, 5.41) is 19.9. The molecule has 0 saturated carbocycles. The third kappa shape index (κ3) is 2.71. The van der Waals surface area contributed by atoms with Crippen molar-refractivity contribution in [3.63, 3.8) is 0 Å². The van der Waals surface area contributed by atoms with Crippen LogP contribution < -0.4 is 5.32 Å². The van der Waals surface area contributed by atoms with Crippen molar-refractivity contribution in [3.05, 3.63) is 11.6 Å². The number of halogens is 1. The van der Waals surface area contributed by atoms with Crippen LogP contribution in [0, 0.1) is 11.3 Å². The molecule has 0 aromatic rings. The minimum atomic E-state index is -2.68. The summed E-state index contributed by atoms with van der Waals surface area (Å²) in [6.45, 7) is 1.46. The van der Waals surface area contributed by atoms with E-state index in [0.29, 0.717) is 10.6 Å². The fourth-order valence-electron chi connectivity index (χ4n) is 2.44. The number of carbonyl (C=O) groups excluding carboxylic acids is 2. The number of nitrogens with zero attached hydrogens (tertiary/aromatic N) is 3. The van der Waals surface area contributed by atoms with Crippen LogP contribution in [0.15, 0.2) is 11.6 Å². The number of carboxylic acid groups (broad SMARTS) is 1. The topological polar surface area (TPSA) is 123 Å². The summed E-state index contributed by atoms with van der Waals surface area (Å²) >= 11 is 0. The summed E-state index contributed by atoms with van der Waals surface area (Å²) in [6, 6.07) is -0.669. The number of alkyl halides is 1. The van der Waals surface area contributed by atoms with Gasteiger partial charge in [-0.2, -0.15) is 10.3 Å². The molecular weight excluding hydrogens is 299 g/mol. The molecule has 0 aromatic heterocycles. The van der Waals surface area contributed by atoms with E-state index in [-0.39, 0.29) is 13.1 Å². The first-order valence-electron chi connectivity index (χ1n) is 6.33. The van der Waals surface area contributed by atoms with Crippen molar-refractivity contribution in [1.82, 2.24) is 15.3 Å². The number of carboxylic acids is 1. The lowest BCUT2D eigenvalue weighted by Gasteiger charge is -2.28. The van der Waals surface area contributed by atoms with Gasteiger partial charge in [0.05, 0.1) is 18.7 Å². The van der Waals surface area contributed by atoms with Crippen molar-refractivity contribution in [2.45, 2.75) is 25.4 Å². The number of hydrogen-bond acceptors (Lipinski definition) is 5. The van der Waals surface area contributed by atoms with Crippen LogP contribution in [0.2, 0.25) is 0 Å². The number of hydroxylamine groups is 2. The van der Waals surface area contributed by atoms with Crippen molar-refractivity contribution in [2.75, 3.05) is 13.1 Å². The van der Waals surface area contributed by atoms with Crippen molar-refractivity contribution in [3.8, 4) is 6.07 Å². The first kappa shape index (κ1) is 15.7. The van der Waals surface area contributed by atoms with Gasteiger partial charge >= 0.3 is 18.4 Å².